The summed E-state index contributed by atoms with van der Waals surface area (Å²) in [7, 11) is 0. The quantitative estimate of drug-likeness (QED) is 0.665. The fraction of sp³-hybridized carbons (Fsp3) is 0.727. The highest BCUT2D eigenvalue weighted by molar-refractivity contribution is 4.97. The van der Waals surface area contributed by atoms with Crippen molar-refractivity contribution < 1.29 is 5.11 Å². The summed E-state index contributed by atoms with van der Waals surface area (Å²) in [4.78, 5) is 4.10. The molecule has 0 aliphatic heterocycles. The van der Waals surface area contributed by atoms with E-state index in [1.165, 1.54) is 5.69 Å². The summed E-state index contributed by atoms with van der Waals surface area (Å²) in [6, 6.07) is 0. The molecule has 0 radical (unpaired) electrons. The van der Waals surface area contributed by atoms with Crippen LogP contribution < -0.4 is 5.32 Å². The van der Waals surface area contributed by atoms with Gasteiger partial charge in [-0.15, -0.1) is 0 Å². The van der Waals surface area contributed by atoms with Crippen LogP contribution in [0.2, 0.25) is 0 Å². The predicted molar refractivity (Wildman–Crippen MR) is 60.5 cm³/mol. The Hall–Kier alpha value is -0.870. The maximum Gasteiger partial charge on any atom is 0.0948 e. The van der Waals surface area contributed by atoms with E-state index in [9.17, 15) is 5.11 Å². The third-order valence-electron chi connectivity index (χ3n) is 2.57. The standard InChI is InChI=1S/C11H21N3O/c1-3-11(15)5-6-12-7-10-8-13-9-14(10)4-2/h8-9,11-12,15H,3-7H2,1-2H3. The van der Waals surface area contributed by atoms with Gasteiger partial charge in [-0.3, -0.25) is 0 Å². The Morgan fingerprint density at radius 2 is 2.33 bits per heavy atom. The number of aromatic nitrogens is 2. The Morgan fingerprint density at radius 1 is 1.53 bits per heavy atom. The van der Waals surface area contributed by atoms with E-state index in [-0.39, 0.29) is 6.10 Å². The first-order valence-electron chi connectivity index (χ1n) is 5.65. The number of aryl methyl sites for hydroxylation is 1. The van der Waals surface area contributed by atoms with Crippen molar-refractivity contribution in [1.82, 2.24) is 14.9 Å². The van der Waals surface area contributed by atoms with E-state index in [2.05, 4.69) is 21.8 Å². The lowest BCUT2D eigenvalue weighted by Crippen LogP contribution is -2.21. The van der Waals surface area contributed by atoms with Crippen LogP contribution in [0.15, 0.2) is 12.5 Å². The number of hydrogen-bond donors (Lipinski definition) is 2. The normalized spacial score (nSPS) is 13.0. The molecule has 1 rings (SSSR count). The molecular formula is C11H21N3O. The predicted octanol–water partition coefficient (Wildman–Crippen LogP) is 1.15. The summed E-state index contributed by atoms with van der Waals surface area (Å²) >= 11 is 0. The van der Waals surface area contributed by atoms with Crippen LogP contribution >= 0.6 is 0 Å². The number of nitrogens with one attached hydrogen (secondary N) is 1. The molecule has 2 N–H and O–H groups in total. The average molecular weight is 211 g/mol. The van der Waals surface area contributed by atoms with Crippen molar-refractivity contribution in [3.8, 4) is 0 Å². The van der Waals surface area contributed by atoms with Gasteiger partial charge in [0.2, 0.25) is 0 Å². The van der Waals surface area contributed by atoms with Gasteiger partial charge < -0.3 is 15.0 Å². The smallest absolute Gasteiger partial charge is 0.0948 e. The van der Waals surface area contributed by atoms with E-state index in [0.717, 1.165) is 32.5 Å². The van der Waals surface area contributed by atoms with Crippen molar-refractivity contribution in [2.45, 2.75) is 45.9 Å². The lowest BCUT2D eigenvalue weighted by atomic mass is 10.2. The van der Waals surface area contributed by atoms with Gasteiger partial charge in [0.1, 0.15) is 0 Å². The zero-order valence-electron chi connectivity index (χ0n) is 9.61. The minimum absolute atomic E-state index is 0.173. The fourth-order valence-electron chi connectivity index (χ4n) is 1.47. The first-order chi connectivity index (χ1) is 7.27. The highest BCUT2D eigenvalue weighted by atomic mass is 16.3. The van der Waals surface area contributed by atoms with E-state index in [1.54, 1.807) is 0 Å². The van der Waals surface area contributed by atoms with Crippen LogP contribution in [-0.4, -0.2) is 27.3 Å². The number of imidazole rings is 1. The molecule has 0 aromatic carbocycles. The second-order valence-corrected chi connectivity index (χ2v) is 3.70. The summed E-state index contributed by atoms with van der Waals surface area (Å²) < 4.78 is 2.11. The van der Waals surface area contributed by atoms with Crippen molar-refractivity contribution in [1.29, 1.82) is 0 Å². The molecule has 1 aromatic heterocycles. The van der Waals surface area contributed by atoms with Gasteiger partial charge in [-0.25, -0.2) is 4.98 Å². The van der Waals surface area contributed by atoms with Crippen molar-refractivity contribution in [3.63, 3.8) is 0 Å². The van der Waals surface area contributed by atoms with E-state index < -0.39 is 0 Å². The van der Waals surface area contributed by atoms with E-state index in [1.807, 2.05) is 19.4 Å². The van der Waals surface area contributed by atoms with Gasteiger partial charge in [0.25, 0.3) is 0 Å². The molecule has 1 unspecified atom stereocenters. The minimum atomic E-state index is -0.173. The van der Waals surface area contributed by atoms with Crippen molar-refractivity contribution in [3.05, 3.63) is 18.2 Å². The summed E-state index contributed by atoms with van der Waals surface area (Å²) in [6.07, 6.45) is 5.20. The summed E-state index contributed by atoms with van der Waals surface area (Å²) in [6.45, 7) is 6.73. The Labute approximate surface area is 91.3 Å². The molecule has 0 saturated carbocycles. The van der Waals surface area contributed by atoms with Gasteiger partial charge in [0.05, 0.1) is 18.1 Å². The van der Waals surface area contributed by atoms with Gasteiger partial charge in [-0.2, -0.15) is 0 Å². The van der Waals surface area contributed by atoms with Crippen LogP contribution in [0.25, 0.3) is 0 Å². The number of hydrogen-bond acceptors (Lipinski definition) is 3. The monoisotopic (exact) mass is 211 g/mol. The topological polar surface area (TPSA) is 50.1 Å². The molecule has 0 spiro atoms. The first-order valence-corrected chi connectivity index (χ1v) is 5.65. The third-order valence-corrected chi connectivity index (χ3v) is 2.57. The Kier molecular flexibility index (Phi) is 5.36. The molecule has 1 heterocycles. The summed E-state index contributed by atoms with van der Waals surface area (Å²) in [5.41, 5.74) is 1.20. The summed E-state index contributed by atoms with van der Waals surface area (Å²) in [5.74, 6) is 0. The molecule has 4 heteroatoms. The molecule has 1 aromatic rings. The molecule has 0 aliphatic rings. The highest BCUT2D eigenvalue weighted by Gasteiger charge is 2.01. The van der Waals surface area contributed by atoms with Crippen LogP contribution in [0.1, 0.15) is 32.4 Å². The van der Waals surface area contributed by atoms with Crippen LogP contribution in [-0.2, 0) is 13.1 Å². The van der Waals surface area contributed by atoms with E-state index in [4.69, 9.17) is 0 Å². The Morgan fingerprint density at radius 3 is 3.00 bits per heavy atom. The maximum absolute atomic E-state index is 9.36. The maximum atomic E-state index is 9.36. The van der Waals surface area contributed by atoms with Crippen LogP contribution in [0.4, 0.5) is 0 Å². The lowest BCUT2D eigenvalue weighted by molar-refractivity contribution is 0.159. The van der Waals surface area contributed by atoms with Crippen molar-refractivity contribution in [2.24, 2.45) is 0 Å². The van der Waals surface area contributed by atoms with Gasteiger partial charge in [0, 0.05) is 19.3 Å². The number of aliphatic hydroxyl groups is 1. The van der Waals surface area contributed by atoms with Gasteiger partial charge in [-0.1, -0.05) is 6.92 Å². The van der Waals surface area contributed by atoms with Crippen molar-refractivity contribution >= 4 is 0 Å². The third kappa shape index (κ3) is 4.01. The Bertz CT molecular complexity index is 273. The fourth-order valence-corrected chi connectivity index (χ4v) is 1.47. The average Bonchev–Trinajstić information content (AvgIpc) is 2.71. The number of aliphatic hydroxyl groups excluding tert-OH is 1. The minimum Gasteiger partial charge on any atom is -0.393 e. The SMILES string of the molecule is CCC(O)CCNCc1cncn1CC. The molecule has 86 valence electrons. The molecule has 0 fully saturated rings. The zero-order valence-corrected chi connectivity index (χ0v) is 9.61. The van der Waals surface area contributed by atoms with Crippen LogP contribution in [0.5, 0.6) is 0 Å². The van der Waals surface area contributed by atoms with Crippen LogP contribution in [0.3, 0.4) is 0 Å². The highest BCUT2D eigenvalue weighted by Crippen LogP contribution is 1.99. The molecule has 0 bridgehead atoms. The molecule has 0 saturated heterocycles. The van der Waals surface area contributed by atoms with Crippen LogP contribution in [0, 0.1) is 0 Å². The van der Waals surface area contributed by atoms with Gasteiger partial charge in [-0.05, 0) is 26.3 Å². The van der Waals surface area contributed by atoms with E-state index in [0.29, 0.717) is 0 Å². The van der Waals surface area contributed by atoms with Gasteiger partial charge in [0.15, 0.2) is 0 Å². The molecule has 4 nitrogen and oxygen atoms in total. The molecule has 0 aliphatic carbocycles. The van der Waals surface area contributed by atoms with Crippen molar-refractivity contribution in [2.75, 3.05) is 6.54 Å². The largest absolute Gasteiger partial charge is 0.393 e. The molecule has 1 atom stereocenters. The lowest BCUT2D eigenvalue weighted by Gasteiger charge is -2.09. The second kappa shape index (κ2) is 6.58. The second-order valence-electron chi connectivity index (χ2n) is 3.70. The molecule has 0 amide bonds. The van der Waals surface area contributed by atoms with E-state index >= 15 is 0 Å². The molecular weight excluding hydrogens is 190 g/mol. The Balaban J connectivity index is 2.20. The number of nitrogens with zero attached hydrogens (tertiary/aromatic N) is 2. The summed E-state index contributed by atoms with van der Waals surface area (Å²) in [5, 5.41) is 12.7. The molecule has 15 heavy (non-hydrogen) atoms. The van der Waals surface area contributed by atoms with Gasteiger partial charge >= 0.3 is 0 Å². The first kappa shape index (κ1) is 12.2. The zero-order chi connectivity index (χ0) is 11.1. The number of rotatable bonds is 7.